The number of rotatable bonds is 3. The second-order valence-electron chi connectivity index (χ2n) is 6.34. The Hall–Kier alpha value is -2.06. The summed E-state index contributed by atoms with van der Waals surface area (Å²) in [5.74, 6) is 0.287. The fourth-order valence-electron chi connectivity index (χ4n) is 3.77. The number of benzene rings is 1. The van der Waals surface area contributed by atoms with Crippen molar-refractivity contribution in [2.75, 3.05) is 19.6 Å². The van der Waals surface area contributed by atoms with Gasteiger partial charge in [-0.1, -0.05) is 13.0 Å². The molecule has 1 N–H and O–H groups in total. The first-order chi connectivity index (χ1) is 10.6. The molecule has 0 atom stereocenters. The molecule has 3 rings (SSSR count). The summed E-state index contributed by atoms with van der Waals surface area (Å²) in [7, 11) is 0. The summed E-state index contributed by atoms with van der Waals surface area (Å²) in [5.41, 5.74) is 1.38. The highest BCUT2D eigenvalue weighted by atomic mass is 16.3. The maximum Gasteiger partial charge on any atom is 0.222 e. The molecule has 22 heavy (non-hydrogen) atoms. The molecule has 2 heterocycles. The quantitative estimate of drug-likeness (QED) is 0.925. The third-order valence-electron chi connectivity index (χ3n) is 4.82. The molecule has 1 aromatic rings. The zero-order chi connectivity index (χ0) is 15.7. The van der Waals surface area contributed by atoms with Crippen LogP contribution in [0.4, 0.5) is 0 Å². The Morgan fingerprint density at radius 1 is 1.45 bits per heavy atom. The van der Waals surface area contributed by atoms with Crippen molar-refractivity contribution in [3.63, 3.8) is 0 Å². The predicted octanol–water partition coefficient (Wildman–Crippen LogP) is 1.85. The standard InChI is InChI=1S/C17H21N3O2/c1-2-16(22)20-7-3-6-17(20)11-19(12-17)10-13-4-5-15(21)14(8-13)9-18/h4-5,8,21H,2-3,6-7,10-12H2,1H3. The fraction of sp³-hybridized carbons (Fsp3) is 0.529. The summed E-state index contributed by atoms with van der Waals surface area (Å²) in [4.78, 5) is 16.4. The first-order valence-corrected chi connectivity index (χ1v) is 7.83. The summed E-state index contributed by atoms with van der Waals surface area (Å²) in [6.45, 7) is 5.37. The monoisotopic (exact) mass is 299 g/mol. The Morgan fingerprint density at radius 2 is 2.23 bits per heavy atom. The predicted molar refractivity (Wildman–Crippen MR) is 82.1 cm³/mol. The molecule has 5 heteroatoms. The van der Waals surface area contributed by atoms with Crippen LogP contribution >= 0.6 is 0 Å². The van der Waals surface area contributed by atoms with Crippen molar-refractivity contribution in [3.8, 4) is 11.8 Å². The molecular weight excluding hydrogens is 278 g/mol. The molecule has 0 aliphatic carbocycles. The van der Waals surface area contributed by atoms with Gasteiger partial charge >= 0.3 is 0 Å². The van der Waals surface area contributed by atoms with Crippen molar-refractivity contribution in [2.24, 2.45) is 0 Å². The molecule has 0 bridgehead atoms. The SMILES string of the molecule is CCC(=O)N1CCCC12CN(Cc1ccc(O)c(C#N)c1)C2. The number of hydrogen-bond acceptors (Lipinski definition) is 4. The number of nitrogens with zero attached hydrogens (tertiary/aromatic N) is 3. The largest absolute Gasteiger partial charge is 0.507 e. The van der Waals surface area contributed by atoms with E-state index in [-0.39, 0.29) is 17.2 Å². The number of carbonyl (C=O) groups excluding carboxylic acids is 1. The Morgan fingerprint density at radius 3 is 2.91 bits per heavy atom. The van der Waals surface area contributed by atoms with E-state index in [9.17, 15) is 9.90 Å². The smallest absolute Gasteiger partial charge is 0.222 e. The van der Waals surface area contributed by atoms with Gasteiger partial charge in [-0.25, -0.2) is 0 Å². The van der Waals surface area contributed by atoms with Crippen LogP contribution in [0.25, 0.3) is 0 Å². The summed E-state index contributed by atoms with van der Waals surface area (Å²) < 4.78 is 0. The molecule has 1 amide bonds. The molecule has 2 aliphatic heterocycles. The van der Waals surface area contributed by atoms with Crippen LogP contribution in [0, 0.1) is 11.3 Å². The molecule has 2 aliphatic rings. The van der Waals surface area contributed by atoms with Gasteiger partial charge < -0.3 is 10.0 Å². The molecule has 0 unspecified atom stereocenters. The van der Waals surface area contributed by atoms with Gasteiger partial charge in [-0.15, -0.1) is 0 Å². The molecule has 2 fully saturated rings. The second kappa shape index (κ2) is 5.62. The van der Waals surface area contributed by atoms with Gasteiger partial charge in [-0.2, -0.15) is 5.26 Å². The Bertz CT molecular complexity index is 629. The van der Waals surface area contributed by atoms with Gasteiger partial charge in [0.2, 0.25) is 5.91 Å². The Labute approximate surface area is 130 Å². The lowest BCUT2D eigenvalue weighted by Gasteiger charge is -2.53. The van der Waals surface area contributed by atoms with E-state index >= 15 is 0 Å². The van der Waals surface area contributed by atoms with E-state index < -0.39 is 0 Å². The summed E-state index contributed by atoms with van der Waals surface area (Å²) in [5, 5.41) is 18.5. The molecule has 0 saturated carbocycles. The van der Waals surface area contributed by atoms with Gasteiger partial charge in [0, 0.05) is 32.6 Å². The molecule has 0 radical (unpaired) electrons. The van der Waals surface area contributed by atoms with Crippen molar-refractivity contribution >= 4 is 5.91 Å². The van der Waals surface area contributed by atoms with Crippen molar-refractivity contribution < 1.29 is 9.90 Å². The number of phenolic OH excluding ortho intramolecular Hbond substituents is 1. The number of likely N-dealkylation sites (tertiary alicyclic amines) is 2. The Balaban J connectivity index is 1.64. The van der Waals surface area contributed by atoms with Crippen LogP contribution in [0.15, 0.2) is 18.2 Å². The van der Waals surface area contributed by atoms with Gasteiger partial charge in [0.1, 0.15) is 11.8 Å². The second-order valence-corrected chi connectivity index (χ2v) is 6.34. The first kappa shape index (κ1) is 14.9. The number of nitriles is 1. The Kier molecular flexibility index (Phi) is 3.79. The molecule has 116 valence electrons. The van der Waals surface area contributed by atoms with Crippen LogP contribution in [0.5, 0.6) is 5.75 Å². The highest BCUT2D eigenvalue weighted by Crippen LogP contribution is 2.38. The third kappa shape index (κ3) is 2.44. The van der Waals surface area contributed by atoms with E-state index in [2.05, 4.69) is 9.80 Å². The number of carbonyl (C=O) groups is 1. The van der Waals surface area contributed by atoms with Gasteiger partial charge in [-0.3, -0.25) is 9.69 Å². The van der Waals surface area contributed by atoms with Crippen LogP contribution in [0.1, 0.15) is 37.3 Å². The summed E-state index contributed by atoms with van der Waals surface area (Å²) in [6.07, 6.45) is 2.76. The minimum absolute atomic E-state index is 0.0295. The molecular formula is C17H21N3O2. The van der Waals surface area contributed by atoms with Crippen molar-refractivity contribution in [1.29, 1.82) is 5.26 Å². The van der Waals surface area contributed by atoms with E-state index in [1.54, 1.807) is 12.1 Å². The van der Waals surface area contributed by atoms with E-state index in [1.807, 2.05) is 19.1 Å². The number of amides is 1. The van der Waals surface area contributed by atoms with Gasteiger partial charge in [0.05, 0.1) is 11.1 Å². The summed E-state index contributed by atoms with van der Waals surface area (Å²) in [6, 6.07) is 7.17. The minimum atomic E-state index is 0.0295. The molecule has 1 aromatic carbocycles. The highest BCUT2D eigenvalue weighted by Gasteiger charge is 2.51. The van der Waals surface area contributed by atoms with E-state index in [0.717, 1.165) is 44.6 Å². The number of phenols is 1. The van der Waals surface area contributed by atoms with Crippen LogP contribution in [0.2, 0.25) is 0 Å². The maximum absolute atomic E-state index is 12.1. The lowest BCUT2D eigenvalue weighted by atomic mass is 9.86. The third-order valence-corrected chi connectivity index (χ3v) is 4.82. The van der Waals surface area contributed by atoms with Crippen LogP contribution in [-0.2, 0) is 11.3 Å². The zero-order valence-electron chi connectivity index (χ0n) is 12.9. The lowest BCUT2D eigenvalue weighted by Crippen LogP contribution is -2.68. The van der Waals surface area contributed by atoms with Gasteiger partial charge in [0.15, 0.2) is 0 Å². The molecule has 0 aromatic heterocycles. The van der Waals surface area contributed by atoms with Crippen molar-refractivity contribution in [2.45, 2.75) is 38.3 Å². The van der Waals surface area contributed by atoms with E-state index in [1.165, 1.54) is 0 Å². The van der Waals surface area contributed by atoms with Crippen molar-refractivity contribution in [3.05, 3.63) is 29.3 Å². The average Bonchev–Trinajstić information content (AvgIpc) is 2.92. The van der Waals surface area contributed by atoms with Crippen molar-refractivity contribution in [1.82, 2.24) is 9.80 Å². The summed E-state index contributed by atoms with van der Waals surface area (Å²) >= 11 is 0. The van der Waals surface area contributed by atoms with Gasteiger partial charge in [-0.05, 0) is 30.5 Å². The minimum Gasteiger partial charge on any atom is -0.507 e. The molecule has 1 spiro atoms. The molecule has 2 saturated heterocycles. The lowest BCUT2D eigenvalue weighted by molar-refractivity contribution is -0.142. The zero-order valence-corrected chi connectivity index (χ0v) is 12.9. The first-order valence-electron chi connectivity index (χ1n) is 7.83. The van der Waals surface area contributed by atoms with E-state index in [4.69, 9.17) is 5.26 Å². The highest BCUT2D eigenvalue weighted by molar-refractivity contribution is 5.77. The normalized spacial score (nSPS) is 19.9. The topological polar surface area (TPSA) is 67.6 Å². The van der Waals surface area contributed by atoms with Gasteiger partial charge in [0.25, 0.3) is 0 Å². The van der Waals surface area contributed by atoms with Crippen LogP contribution < -0.4 is 0 Å². The number of hydrogen-bond donors (Lipinski definition) is 1. The van der Waals surface area contributed by atoms with Crippen LogP contribution in [0.3, 0.4) is 0 Å². The number of aromatic hydroxyl groups is 1. The van der Waals surface area contributed by atoms with E-state index in [0.29, 0.717) is 12.0 Å². The average molecular weight is 299 g/mol. The van der Waals surface area contributed by atoms with Crippen LogP contribution in [-0.4, -0.2) is 46.0 Å². The maximum atomic E-state index is 12.1. The molecule has 5 nitrogen and oxygen atoms in total. The fourth-order valence-corrected chi connectivity index (χ4v) is 3.77.